The molecule has 0 radical (unpaired) electrons. The first kappa shape index (κ1) is 16.7. The van der Waals surface area contributed by atoms with Gasteiger partial charge in [-0.2, -0.15) is 0 Å². The summed E-state index contributed by atoms with van der Waals surface area (Å²) in [6.45, 7) is 11.7. The zero-order valence-electron chi connectivity index (χ0n) is 13.6. The number of hydrogen-bond donors (Lipinski definition) is 0. The van der Waals surface area contributed by atoms with Crippen molar-refractivity contribution >= 4 is 5.91 Å². The second-order valence-electron chi connectivity index (χ2n) is 5.99. The van der Waals surface area contributed by atoms with Crippen molar-refractivity contribution in [3.8, 4) is 0 Å². The molecule has 2 fully saturated rings. The summed E-state index contributed by atoms with van der Waals surface area (Å²) in [7, 11) is 1.75. The fourth-order valence-electron chi connectivity index (χ4n) is 3.12. The molecule has 122 valence electrons. The van der Waals surface area contributed by atoms with Gasteiger partial charge in [-0.05, 0) is 13.8 Å². The van der Waals surface area contributed by atoms with Crippen molar-refractivity contribution in [2.45, 2.75) is 25.9 Å². The molecule has 0 aromatic heterocycles. The van der Waals surface area contributed by atoms with Gasteiger partial charge < -0.3 is 14.4 Å². The van der Waals surface area contributed by atoms with Gasteiger partial charge in [0.25, 0.3) is 0 Å². The predicted molar refractivity (Wildman–Crippen MR) is 81.3 cm³/mol. The van der Waals surface area contributed by atoms with Crippen LogP contribution in [0.15, 0.2) is 0 Å². The van der Waals surface area contributed by atoms with Gasteiger partial charge in [0.15, 0.2) is 0 Å². The molecule has 0 aromatic rings. The molecule has 1 amide bonds. The van der Waals surface area contributed by atoms with E-state index in [1.54, 1.807) is 7.11 Å². The van der Waals surface area contributed by atoms with E-state index in [1.165, 1.54) is 0 Å². The summed E-state index contributed by atoms with van der Waals surface area (Å²) >= 11 is 0. The molecule has 0 aromatic carbocycles. The first-order valence-electron chi connectivity index (χ1n) is 7.97. The Kier molecular flexibility index (Phi) is 6.41. The Morgan fingerprint density at radius 1 is 1.05 bits per heavy atom. The van der Waals surface area contributed by atoms with Crippen molar-refractivity contribution in [1.82, 2.24) is 14.7 Å². The Hall–Kier alpha value is -0.690. The van der Waals surface area contributed by atoms with Gasteiger partial charge in [0.05, 0.1) is 25.9 Å². The average molecular weight is 299 g/mol. The molecule has 6 heteroatoms. The van der Waals surface area contributed by atoms with E-state index >= 15 is 0 Å². The van der Waals surface area contributed by atoms with Gasteiger partial charge in [0, 0.05) is 52.4 Å². The second kappa shape index (κ2) is 8.08. The minimum atomic E-state index is -0.0250. The number of methoxy groups -OCH3 is 1. The van der Waals surface area contributed by atoms with Gasteiger partial charge in [0.1, 0.15) is 0 Å². The minimum absolute atomic E-state index is 0.0250. The molecule has 0 N–H and O–H groups in total. The number of carbonyl (C=O) groups excluding carboxylic acids is 1. The maximum Gasteiger partial charge on any atom is 0.239 e. The molecular formula is C15H29N3O3. The molecule has 0 spiro atoms. The van der Waals surface area contributed by atoms with Gasteiger partial charge in [-0.15, -0.1) is 0 Å². The van der Waals surface area contributed by atoms with Crippen LogP contribution in [0.2, 0.25) is 0 Å². The van der Waals surface area contributed by atoms with Crippen LogP contribution in [0.1, 0.15) is 13.8 Å². The number of ether oxygens (including phenoxy) is 2. The van der Waals surface area contributed by atoms with E-state index in [0.29, 0.717) is 19.3 Å². The zero-order chi connectivity index (χ0) is 15.2. The number of nitrogens with zero attached hydrogens (tertiary/aromatic N) is 3. The number of amides is 1. The molecule has 0 bridgehead atoms. The molecule has 2 atom stereocenters. The van der Waals surface area contributed by atoms with E-state index in [2.05, 4.69) is 16.7 Å². The van der Waals surface area contributed by atoms with Crippen molar-refractivity contribution in [2.75, 3.05) is 66.2 Å². The van der Waals surface area contributed by atoms with Crippen molar-refractivity contribution in [1.29, 1.82) is 0 Å². The summed E-state index contributed by atoms with van der Waals surface area (Å²) in [6.07, 6.45) is 0. The van der Waals surface area contributed by atoms with Crippen LogP contribution in [0.25, 0.3) is 0 Å². The largest absolute Gasteiger partial charge is 0.383 e. The fraction of sp³-hybridized carbons (Fsp3) is 0.933. The number of carbonyl (C=O) groups is 1. The highest BCUT2D eigenvalue weighted by atomic mass is 16.5. The first-order valence-corrected chi connectivity index (χ1v) is 7.97. The Morgan fingerprint density at radius 3 is 2.19 bits per heavy atom. The number of morpholine rings is 1. The number of piperazine rings is 1. The van der Waals surface area contributed by atoms with E-state index < -0.39 is 0 Å². The quantitative estimate of drug-likeness (QED) is 0.709. The van der Waals surface area contributed by atoms with Crippen LogP contribution in [0.3, 0.4) is 0 Å². The highest BCUT2D eigenvalue weighted by Crippen LogP contribution is 2.12. The SMILES string of the molecule is COC[C@H](C)N1CCN([C@@H](C)C(=O)N2CCOCC2)CC1. The van der Waals surface area contributed by atoms with Crippen molar-refractivity contribution in [2.24, 2.45) is 0 Å². The molecular weight excluding hydrogens is 270 g/mol. The number of hydrogen-bond acceptors (Lipinski definition) is 5. The minimum Gasteiger partial charge on any atom is -0.383 e. The van der Waals surface area contributed by atoms with Crippen LogP contribution in [-0.2, 0) is 14.3 Å². The summed E-state index contributed by atoms with van der Waals surface area (Å²) in [6, 6.07) is 0.422. The normalized spacial score (nSPS) is 24.8. The summed E-state index contributed by atoms with van der Waals surface area (Å²) < 4.78 is 10.5. The molecule has 0 unspecified atom stereocenters. The van der Waals surface area contributed by atoms with E-state index in [4.69, 9.17) is 9.47 Å². The zero-order valence-corrected chi connectivity index (χ0v) is 13.6. The fourth-order valence-corrected chi connectivity index (χ4v) is 3.12. The molecule has 2 aliphatic rings. The summed E-state index contributed by atoms with van der Waals surface area (Å²) in [5.74, 6) is 0.247. The number of rotatable bonds is 5. The van der Waals surface area contributed by atoms with E-state index in [0.717, 1.165) is 45.9 Å². The Morgan fingerprint density at radius 2 is 1.62 bits per heavy atom. The average Bonchev–Trinajstić information content (AvgIpc) is 2.54. The van der Waals surface area contributed by atoms with Gasteiger partial charge in [-0.25, -0.2) is 0 Å². The summed E-state index contributed by atoms with van der Waals surface area (Å²) in [5.41, 5.74) is 0. The van der Waals surface area contributed by atoms with Gasteiger partial charge in [0.2, 0.25) is 5.91 Å². The summed E-state index contributed by atoms with van der Waals surface area (Å²) in [4.78, 5) is 19.2. The lowest BCUT2D eigenvalue weighted by molar-refractivity contribution is -0.141. The monoisotopic (exact) mass is 299 g/mol. The third kappa shape index (κ3) is 4.39. The third-order valence-corrected chi connectivity index (χ3v) is 4.61. The van der Waals surface area contributed by atoms with Gasteiger partial charge >= 0.3 is 0 Å². The molecule has 2 heterocycles. The molecule has 21 heavy (non-hydrogen) atoms. The van der Waals surface area contributed by atoms with Gasteiger partial charge in [-0.3, -0.25) is 14.6 Å². The van der Waals surface area contributed by atoms with Crippen LogP contribution in [-0.4, -0.2) is 98.9 Å². The molecule has 0 aliphatic carbocycles. The maximum absolute atomic E-state index is 12.5. The summed E-state index contributed by atoms with van der Waals surface area (Å²) in [5, 5.41) is 0. The van der Waals surface area contributed by atoms with Crippen molar-refractivity contribution in [3.05, 3.63) is 0 Å². The standard InChI is InChI=1S/C15H29N3O3/c1-13(12-20-3)16-4-6-17(7-5-16)14(2)15(19)18-8-10-21-11-9-18/h13-14H,4-12H2,1-3H3/t13-,14-/m0/s1. The molecule has 6 nitrogen and oxygen atoms in total. The Bertz CT molecular complexity index is 326. The second-order valence-corrected chi connectivity index (χ2v) is 5.99. The van der Waals surface area contributed by atoms with Crippen LogP contribution in [0.4, 0.5) is 0 Å². The van der Waals surface area contributed by atoms with Crippen LogP contribution in [0.5, 0.6) is 0 Å². The van der Waals surface area contributed by atoms with Crippen LogP contribution < -0.4 is 0 Å². The maximum atomic E-state index is 12.5. The molecule has 2 rings (SSSR count). The lowest BCUT2D eigenvalue weighted by atomic mass is 10.1. The lowest BCUT2D eigenvalue weighted by Crippen LogP contribution is -2.57. The van der Waals surface area contributed by atoms with Crippen LogP contribution in [0, 0.1) is 0 Å². The van der Waals surface area contributed by atoms with E-state index in [-0.39, 0.29) is 11.9 Å². The van der Waals surface area contributed by atoms with Crippen molar-refractivity contribution < 1.29 is 14.3 Å². The van der Waals surface area contributed by atoms with E-state index in [9.17, 15) is 4.79 Å². The predicted octanol–water partition coefficient (Wildman–Crippen LogP) is -0.114. The highest BCUT2D eigenvalue weighted by molar-refractivity contribution is 5.81. The highest BCUT2D eigenvalue weighted by Gasteiger charge is 2.30. The smallest absolute Gasteiger partial charge is 0.239 e. The van der Waals surface area contributed by atoms with E-state index in [1.807, 2.05) is 11.8 Å². The van der Waals surface area contributed by atoms with Gasteiger partial charge in [-0.1, -0.05) is 0 Å². The Balaban J connectivity index is 1.79. The van der Waals surface area contributed by atoms with Crippen molar-refractivity contribution in [3.63, 3.8) is 0 Å². The first-order chi connectivity index (χ1) is 10.1. The molecule has 2 aliphatic heterocycles. The molecule has 2 saturated heterocycles. The molecule has 0 saturated carbocycles. The third-order valence-electron chi connectivity index (χ3n) is 4.61. The lowest BCUT2D eigenvalue weighted by Gasteiger charge is -2.41. The topological polar surface area (TPSA) is 45.2 Å². The Labute approximate surface area is 128 Å². The van der Waals surface area contributed by atoms with Crippen LogP contribution >= 0.6 is 0 Å².